The lowest BCUT2D eigenvalue weighted by Gasteiger charge is -2.14. The molecule has 0 amide bonds. The standard InChI is InChI=1S/C17H25N3O/c1-3-14-5-8-16-13(11-19(2)15-6-7-15)12-20(9-4-10-21)17(16)18-14/h5,8,12,15,21H,3-4,6-7,9-11H2,1-2H3. The van der Waals surface area contributed by atoms with E-state index in [0.717, 1.165) is 43.3 Å². The van der Waals surface area contributed by atoms with Gasteiger partial charge < -0.3 is 9.67 Å². The summed E-state index contributed by atoms with van der Waals surface area (Å²) in [4.78, 5) is 7.24. The molecular weight excluding hydrogens is 262 g/mol. The molecule has 1 aliphatic rings. The van der Waals surface area contributed by atoms with Gasteiger partial charge in [0.05, 0.1) is 0 Å². The van der Waals surface area contributed by atoms with E-state index in [2.05, 4.69) is 41.8 Å². The van der Waals surface area contributed by atoms with Crippen LogP contribution in [0.2, 0.25) is 0 Å². The lowest BCUT2D eigenvalue weighted by molar-refractivity contribution is 0.280. The molecule has 1 aliphatic carbocycles. The Morgan fingerprint density at radius 1 is 1.38 bits per heavy atom. The average molecular weight is 287 g/mol. The van der Waals surface area contributed by atoms with Crippen LogP contribution >= 0.6 is 0 Å². The first kappa shape index (κ1) is 14.5. The van der Waals surface area contributed by atoms with Crippen LogP contribution in [-0.2, 0) is 19.5 Å². The molecule has 4 nitrogen and oxygen atoms in total. The molecule has 0 unspecified atom stereocenters. The van der Waals surface area contributed by atoms with Crippen molar-refractivity contribution in [3.63, 3.8) is 0 Å². The number of aryl methyl sites for hydroxylation is 2. The van der Waals surface area contributed by atoms with Gasteiger partial charge in [-0.25, -0.2) is 4.98 Å². The molecule has 0 aromatic carbocycles. The Hall–Kier alpha value is -1.39. The smallest absolute Gasteiger partial charge is 0.140 e. The fourth-order valence-electron chi connectivity index (χ4n) is 2.92. The number of hydrogen-bond acceptors (Lipinski definition) is 3. The molecule has 0 radical (unpaired) electrons. The lowest BCUT2D eigenvalue weighted by Crippen LogP contribution is -2.19. The van der Waals surface area contributed by atoms with Gasteiger partial charge in [0.15, 0.2) is 0 Å². The number of fused-ring (bicyclic) bond motifs is 1. The highest BCUT2D eigenvalue weighted by Gasteiger charge is 2.26. The molecule has 1 fully saturated rings. The van der Waals surface area contributed by atoms with E-state index in [9.17, 15) is 0 Å². The molecule has 1 saturated carbocycles. The molecule has 2 heterocycles. The van der Waals surface area contributed by atoms with E-state index in [1.807, 2.05) is 0 Å². The highest BCUT2D eigenvalue weighted by Crippen LogP contribution is 2.29. The van der Waals surface area contributed by atoms with E-state index in [1.54, 1.807) is 0 Å². The number of hydrogen-bond donors (Lipinski definition) is 1. The first-order chi connectivity index (χ1) is 10.2. The van der Waals surface area contributed by atoms with Crippen LogP contribution in [-0.4, -0.2) is 39.3 Å². The second-order valence-electron chi connectivity index (χ2n) is 6.10. The highest BCUT2D eigenvalue weighted by atomic mass is 16.3. The Labute approximate surface area is 126 Å². The fourth-order valence-corrected chi connectivity index (χ4v) is 2.92. The van der Waals surface area contributed by atoms with E-state index < -0.39 is 0 Å². The van der Waals surface area contributed by atoms with Gasteiger partial charge >= 0.3 is 0 Å². The summed E-state index contributed by atoms with van der Waals surface area (Å²) < 4.78 is 2.21. The van der Waals surface area contributed by atoms with Crippen molar-refractivity contribution in [3.8, 4) is 0 Å². The van der Waals surface area contributed by atoms with Crippen LogP contribution in [0.15, 0.2) is 18.3 Å². The Morgan fingerprint density at radius 2 is 2.19 bits per heavy atom. The van der Waals surface area contributed by atoms with Crippen LogP contribution in [0.5, 0.6) is 0 Å². The van der Waals surface area contributed by atoms with Crippen LogP contribution in [0, 0.1) is 0 Å². The normalized spacial score (nSPS) is 15.2. The maximum absolute atomic E-state index is 9.09. The van der Waals surface area contributed by atoms with Crippen molar-refractivity contribution in [2.75, 3.05) is 13.7 Å². The van der Waals surface area contributed by atoms with Gasteiger partial charge in [-0.3, -0.25) is 4.90 Å². The number of nitrogens with zero attached hydrogens (tertiary/aromatic N) is 3. The van der Waals surface area contributed by atoms with Gasteiger partial charge in [-0.1, -0.05) is 6.92 Å². The Bertz CT molecular complexity index is 616. The summed E-state index contributed by atoms with van der Waals surface area (Å²) in [6, 6.07) is 5.12. The van der Waals surface area contributed by atoms with Gasteiger partial charge in [-0.2, -0.15) is 0 Å². The minimum Gasteiger partial charge on any atom is -0.396 e. The Balaban J connectivity index is 1.94. The summed E-state index contributed by atoms with van der Waals surface area (Å²) in [7, 11) is 2.21. The largest absolute Gasteiger partial charge is 0.396 e. The third kappa shape index (κ3) is 3.11. The topological polar surface area (TPSA) is 41.3 Å². The van der Waals surface area contributed by atoms with Crippen molar-refractivity contribution in [1.29, 1.82) is 0 Å². The van der Waals surface area contributed by atoms with Crippen LogP contribution in [0.3, 0.4) is 0 Å². The average Bonchev–Trinajstić information content (AvgIpc) is 3.30. The summed E-state index contributed by atoms with van der Waals surface area (Å²) in [5.74, 6) is 0. The maximum atomic E-state index is 9.09. The summed E-state index contributed by atoms with van der Waals surface area (Å²) in [6.45, 7) is 4.18. The zero-order valence-electron chi connectivity index (χ0n) is 13.0. The number of pyridine rings is 1. The molecule has 0 atom stereocenters. The molecule has 3 rings (SSSR count). The molecule has 4 heteroatoms. The van der Waals surface area contributed by atoms with Crippen LogP contribution in [0.25, 0.3) is 11.0 Å². The third-order valence-electron chi connectivity index (χ3n) is 4.37. The Morgan fingerprint density at radius 3 is 2.86 bits per heavy atom. The maximum Gasteiger partial charge on any atom is 0.140 e. The molecular formula is C17H25N3O. The van der Waals surface area contributed by atoms with E-state index in [0.29, 0.717) is 0 Å². The van der Waals surface area contributed by atoms with Crippen LogP contribution in [0.1, 0.15) is 37.4 Å². The van der Waals surface area contributed by atoms with Crippen molar-refractivity contribution in [1.82, 2.24) is 14.5 Å². The SMILES string of the molecule is CCc1ccc2c(CN(C)C3CC3)cn(CCCO)c2n1. The minimum absolute atomic E-state index is 0.227. The first-order valence-electron chi connectivity index (χ1n) is 8.01. The second-order valence-corrected chi connectivity index (χ2v) is 6.10. The van der Waals surface area contributed by atoms with Crippen molar-refractivity contribution in [2.45, 2.75) is 51.7 Å². The molecule has 0 aliphatic heterocycles. The highest BCUT2D eigenvalue weighted by molar-refractivity contribution is 5.80. The molecule has 0 saturated heterocycles. The molecule has 0 bridgehead atoms. The van der Waals surface area contributed by atoms with E-state index in [1.165, 1.54) is 23.8 Å². The quantitative estimate of drug-likeness (QED) is 0.851. The summed E-state index contributed by atoms with van der Waals surface area (Å²) in [5.41, 5.74) is 3.56. The van der Waals surface area contributed by atoms with Gasteiger partial charge in [0.25, 0.3) is 0 Å². The summed E-state index contributed by atoms with van der Waals surface area (Å²) >= 11 is 0. The first-order valence-corrected chi connectivity index (χ1v) is 8.01. The molecule has 114 valence electrons. The monoisotopic (exact) mass is 287 g/mol. The van der Waals surface area contributed by atoms with Crippen molar-refractivity contribution >= 4 is 11.0 Å². The van der Waals surface area contributed by atoms with Gasteiger partial charge in [-0.15, -0.1) is 0 Å². The van der Waals surface area contributed by atoms with Crippen LogP contribution < -0.4 is 0 Å². The van der Waals surface area contributed by atoms with Gasteiger partial charge in [-0.05, 0) is 50.4 Å². The van der Waals surface area contributed by atoms with Crippen molar-refractivity contribution < 1.29 is 5.11 Å². The van der Waals surface area contributed by atoms with Gasteiger partial charge in [0.2, 0.25) is 0 Å². The van der Waals surface area contributed by atoms with E-state index in [-0.39, 0.29) is 6.61 Å². The lowest BCUT2D eigenvalue weighted by atomic mass is 10.2. The molecule has 2 aromatic rings. The number of aliphatic hydroxyl groups excluding tert-OH is 1. The molecule has 2 aromatic heterocycles. The van der Waals surface area contributed by atoms with Crippen molar-refractivity contribution in [2.24, 2.45) is 0 Å². The second kappa shape index (κ2) is 6.16. The van der Waals surface area contributed by atoms with E-state index >= 15 is 0 Å². The Kier molecular flexibility index (Phi) is 4.27. The fraction of sp³-hybridized carbons (Fsp3) is 0.588. The summed E-state index contributed by atoms with van der Waals surface area (Å²) in [6.07, 6.45) is 6.62. The number of aromatic nitrogens is 2. The predicted molar refractivity (Wildman–Crippen MR) is 85.3 cm³/mol. The summed E-state index contributed by atoms with van der Waals surface area (Å²) in [5, 5.41) is 10.4. The van der Waals surface area contributed by atoms with Crippen LogP contribution in [0.4, 0.5) is 0 Å². The molecule has 0 spiro atoms. The number of aliphatic hydroxyl groups is 1. The predicted octanol–water partition coefficient (Wildman–Crippen LogP) is 2.58. The molecule has 21 heavy (non-hydrogen) atoms. The number of rotatable bonds is 7. The van der Waals surface area contributed by atoms with Gasteiger partial charge in [0.1, 0.15) is 5.65 Å². The minimum atomic E-state index is 0.227. The van der Waals surface area contributed by atoms with Gasteiger partial charge in [0, 0.05) is 43.0 Å². The zero-order valence-corrected chi connectivity index (χ0v) is 13.0. The third-order valence-corrected chi connectivity index (χ3v) is 4.37. The van der Waals surface area contributed by atoms with E-state index in [4.69, 9.17) is 10.1 Å². The van der Waals surface area contributed by atoms with Crippen molar-refractivity contribution in [3.05, 3.63) is 29.6 Å². The molecule has 1 N–H and O–H groups in total. The zero-order chi connectivity index (χ0) is 14.8.